The monoisotopic (exact) mass is 488 g/mol. The standard InChI is InChI=1S/C25H23Cl3N2O2/c1-29-25(32)23(14-17-7-3-2-4-8-17)30(16-18-9-5-10-19(26)13-18)24(31)15-20-21(27)11-6-12-22(20)28/h2-13,23H,14-16H2,1H3,(H,29,32)/t23-/m1/s1. The molecule has 0 radical (unpaired) electrons. The summed E-state index contributed by atoms with van der Waals surface area (Å²) in [5.74, 6) is -0.515. The normalized spacial score (nSPS) is 11.6. The number of nitrogens with zero attached hydrogens (tertiary/aromatic N) is 1. The lowest BCUT2D eigenvalue weighted by molar-refractivity contribution is -0.140. The maximum absolute atomic E-state index is 13.6. The van der Waals surface area contributed by atoms with Gasteiger partial charge in [0.05, 0.1) is 6.42 Å². The molecule has 0 aromatic heterocycles. The summed E-state index contributed by atoms with van der Waals surface area (Å²) in [6, 6.07) is 21.2. The van der Waals surface area contributed by atoms with E-state index in [0.717, 1.165) is 11.1 Å². The third kappa shape index (κ3) is 6.26. The Balaban J connectivity index is 1.98. The third-order valence-corrected chi connectivity index (χ3v) is 6.09. The smallest absolute Gasteiger partial charge is 0.242 e. The lowest BCUT2D eigenvalue weighted by Gasteiger charge is -2.31. The van der Waals surface area contributed by atoms with E-state index in [4.69, 9.17) is 34.8 Å². The number of carbonyl (C=O) groups is 2. The van der Waals surface area contributed by atoms with Gasteiger partial charge in [0, 0.05) is 35.1 Å². The summed E-state index contributed by atoms with van der Waals surface area (Å²) in [5.41, 5.74) is 2.30. The molecule has 3 aromatic carbocycles. The van der Waals surface area contributed by atoms with E-state index in [1.807, 2.05) is 42.5 Å². The molecule has 4 nitrogen and oxygen atoms in total. The van der Waals surface area contributed by atoms with Gasteiger partial charge in [0.2, 0.25) is 11.8 Å². The molecule has 0 aliphatic heterocycles. The fourth-order valence-electron chi connectivity index (χ4n) is 3.51. The lowest BCUT2D eigenvalue weighted by Crippen LogP contribution is -2.50. The molecule has 0 heterocycles. The zero-order valence-electron chi connectivity index (χ0n) is 17.5. The average molecular weight is 490 g/mol. The van der Waals surface area contributed by atoms with Gasteiger partial charge in [-0.25, -0.2) is 0 Å². The summed E-state index contributed by atoms with van der Waals surface area (Å²) in [7, 11) is 1.56. The van der Waals surface area contributed by atoms with Gasteiger partial charge >= 0.3 is 0 Å². The number of rotatable bonds is 8. The summed E-state index contributed by atoms with van der Waals surface area (Å²) in [6.07, 6.45) is 0.338. The SMILES string of the molecule is CNC(=O)[C@@H](Cc1ccccc1)N(Cc1cccc(Cl)c1)C(=O)Cc1c(Cl)cccc1Cl. The Labute approximate surface area is 203 Å². The molecule has 3 rings (SSSR count). The number of carbonyl (C=O) groups excluding carboxylic acids is 2. The van der Waals surface area contributed by atoms with Crippen molar-refractivity contribution in [2.75, 3.05) is 7.05 Å². The second kappa shape index (κ2) is 11.4. The Morgan fingerprint density at radius 2 is 1.50 bits per heavy atom. The van der Waals surface area contributed by atoms with E-state index in [1.165, 1.54) is 0 Å². The highest BCUT2D eigenvalue weighted by atomic mass is 35.5. The Kier molecular flexibility index (Phi) is 8.57. The van der Waals surface area contributed by atoms with Crippen LogP contribution in [0.3, 0.4) is 0 Å². The zero-order chi connectivity index (χ0) is 23.1. The molecule has 0 spiro atoms. The van der Waals surface area contributed by atoms with Crippen LogP contribution in [-0.2, 0) is 29.0 Å². The Hall–Kier alpha value is -2.53. The van der Waals surface area contributed by atoms with Gasteiger partial charge in [0.15, 0.2) is 0 Å². The van der Waals surface area contributed by atoms with E-state index in [2.05, 4.69) is 5.32 Å². The van der Waals surface area contributed by atoms with Gasteiger partial charge in [-0.15, -0.1) is 0 Å². The summed E-state index contributed by atoms with van der Waals surface area (Å²) in [4.78, 5) is 28.0. The van der Waals surface area contributed by atoms with Crippen LogP contribution in [-0.4, -0.2) is 29.8 Å². The summed E-state index contributed by atoms with van der Waals surface area (Å²) in [5, 5.41) is 4.07. The van der Waals surface area contributed by atoms with E-state index in [0.29, 0.717) is 27.1 Å². The number of hydrogen-bond donors (Lipinski definition) is 1. The first kappa shape index (κ1) is 24.1. The second-order valence-corrected chi connectivity index (χ2v) is 8.60. The predicted molar refractivity (Wildman–Crippen MR) is 130 cm³/mol. The van der Waals surface area contributed by atoms with Crippen molar-refractivity contribution in [1.29, 1.82) is 0 Å². The van der Waals surface area contributed by atoms with Crippen molar-refractivity contribution < 1.29 is 9.59 Å². The lowest BCUT2D eigenvalue weighted by atomic mass is 10.0. The fraction of sp³-hybridized carbons (Fsp3) is 0.200. The summed E-state index contributed by atoms with van der Waals surface area (Å²) < 4.78 is 0. The molecule has 0 bridgehead atoms. The quantitative estimate of drug-likeness (QED) is 0.449. The van der Waals surface area contributed by atoms with Crippen molar-refractivity contribution in [3.8, 4) is 0 Å². The maximum atomic E-state index is 13.6. The highest BCUT2D eigenvalue weighted by Gasteiger charge is 2.30. The number of halogens is 3. The van der Waals surface area contributed by atoms with Gasteiger partial charge in [0.25, 0.3) is 0 Å². The van der Waals surface area contributed by atoms with Crippen LogP contribution in [0.4, 0.5) is 0 Å². The molecule has 0 fully saturated rings. The highest BCUT2D eigenvalue weighted by Crippen LogP contribution is 2.26. The first-order chi connectivity index (χ1) is 15.4. The molecule has 7 heteroatoms. The van der Waals surface area contributed by atoms with E-state index in [-0.39, 0.29) is 24.8 Å². The van der Waals surface area contributed by atoms with Crippen molar-refractivity contribution in [2.24, 2.45) is 0 Å². The van der Waals surface area contributed by atoms with Gasteiger partial charge in [-0.2, -0.15) is 0 Å². The van der Waals surface area contributed by atoms with Crippen LogP contribution in [0.15, 0.2) is 72.8 Å². The van der Waals surface area contributed by atoms with E-state index in [1.54, 1.807) is 42.3 Å². The topological polar surface area (TPSA) is 49.4 Å². The summed E-state index contributed by atoms with van der Waals surface area (Å²) in [6.45, 7) is 0.215. The minimum Gasteiger partial charge on any atom is -0.357 e. The van der Waals surface area contributed by atoms with Crippen molar-refractivity contribution in [1.82, 2.24) is 10.2 Å². The highest BCUT2D eigenvalue weighted by molar-refractivity contribution is 6.36. The van der Waals surface area contributed by atoms with E-state index < -0.39 is 6.04 Å². The minimum atomic E-state index is -0.727. The number of nitrogens with one attached hydrogen (secondary N) is 1. The molecule has 0 saturated heterocycles. The summed E-state index contributed by atoms with van der Waals surface area (Å²) >= 11 is 18.8. The average Bonchev–Trinajstić information content (AvgIpc) is 2.79. The molecule has 0 aliphatic rings. The van der Waals surface area contributed by atoms with Crippen LogP contribution in [0.1, 0.15) is 16.7 Å². The van der Waals surface area contributed by atoms with Crippen LogP contribution in [0.5, 0.6) is 0 Å². The van der Waals surface area contributed by atoms with Crippen LogP contribution in [0, 0.1) is 0 Å². The molecule has 32 heavy (non-hydrogen) atoms. The molecule has 3 aromatic rings. The number of hydrogen-bond acceptors (Lipinski definition) is 2. The van der Waals surface area contributed by atoms with Gasteiger partial charge in [-0.3, -0.25) is 9.59 Å². The van der Waals surface area contributed by atoms with Gasteiger partial charge in [0.1, 0.15) is 6.04 Å². The molecule has 0 unspecified atom stereocenters. The Bertz CT molecular complexity index is 1070. The zero-order valence-corrected chi connectivity index (χ0v) is 19.8. The Morgan fingerprint density at radius 3 is 2.12 bits per heavy atom. The Morgan fingerprint density at radius 1 is 0.875 bits per heavy atom. The van der Waals surface area contributed by atoms with Crippen LogP contribution in [0.2, 0.25) is 15.1 Å². The van der Waals surface area contributed by atoms with Crippen molar-refractivity contribution >= 4 is 46.6 Å². The van der Waals surface area contributed by atoms with Gasteiger partial charge in [-0.05, 0) is 41.0 Å². The second-order valence-electron chi connectivity index (χ2n) is 7.35. The third-order valence-electron chi connectivity index (χ3n) is 5.15. The van der Waals surface area contributed by atoms with Gasteiger partial charge < -0.3 is 10.2 Å². The van der Waals surface area contributed by atoms with Crippen LogP contribution < -0.4 is 5.32 Å². The fourth-order valence-corrected chi connectivity index (χ4v) is 4.25. The predicted octanol–water partition coefficient (Wildman–Crippen LogP) is 5.58. The largest absolute Gasteiger partial charge is 0.357 e. The van der Waals surface area contributed by atoms with Gasteiger partial charge in [-0.1, -0.05) is 83.3 Å². The number of benzene rings is 3. The van der Waals surface area contributed by atoms with E-state index in [9.17, 15) is 9.59 Å². The molecule has 0 saturated carbocycles. The van der Waals surface area contributed by atoms with E-state index >= 15 is 0 Å². The maximum Gasteiger partial charge on any atom is 0.242 e. The van der Waals surface area contributed by atoms with Crippen molar-refractivity contribution in [3.63, 3.8) is 0 Å². The molecule has 2 amide bonds. The molecular formula is C25H23Cl3N2O2. The van der Waals surface area contributed by atoms with Crippen molar-refractivity contribution in [3.05, 3.63) is 105 Å². The minimum absolute atomic E-state index is 0.0264. The van der Waals surface area contributed by atoms with Crippen LogP contribution >= 0.6 is 34.8 Å². The molecule has 166 valence electrons. The van der Waals surface area contributed by atoms with Crippen molar-refractivity contribution in [2.45, 2.75) is 25.4 Å². The molecule has 1 atom stereocenters. The number of likely N-dealkylation sites (N-methyl/N-ethyl adjacent to an activating group) is 1. The van der Waals surface area contributed by atoms with Crippen LogP contribution in [0.25, 0.3) is 0 Å². The first-order valence-electron chi connectivity index (χ1n) is 10.1. The number of amides is 2. The molecule has 1 N–H and O–H groups in total. The molecule has 0 aliphatic carbocycles. The molecular weight excluding hydrogens is 467 g/mol. The first-order valence-corrected chi connectivity index (χ1v) is 11.2.